The van der Waals surface area contributed by atoms with Gasteiger partial charge in [0.25, 0.3) is 0 Å². The first kappa shape index (κ1) is 15.1. The second-order valence-corrected chi connectivity index (χ2v) is 5.65. The zero-order chi connectivity index (χ0) is 14.6. The standard InChI is InChI=1S/C12H17F3N4S/c1-16-11(17-5-4-8-2-3-8)18-6-10-19-9(7-20-10)12(13,14)15/h7-8H,2-6H2,1H3,(H2,16,17,18). The second kappa shape index (κ2) is 6.43. The predicted octanol–water partition coefficient (Wildman–Crippen LogP) is 2.63. The van der Waals surface area contributed by atoms with E-state index in [0.29, 0.717) is 11.0 Å². The van der Waals surface area contributed by atoms with E-state index < -0.39 is 11.9 Å². The van der Waals surface area contributed by atoms with Crippen LogP contribution in [0.5, 0.6) is 0 Å². The van der Waals surface area contributed by atoms with Crippen molar-refractivity contribution in [2.45, 2.75) is 32.0 Å². The van der Waals surface area contributed by atoms with Crippen molar-refractivity contribution < 1.29 is 13.2 Å². The molecule has 0 amide bonds. The molecular formula is C12H17F3N4S. The maximum Gasteiger partial charge on any atom is 0.434 e. The van der Waals surface area contributed by atoms with Crippen LogP contribution in [0, 0.1) is 5.92 Å². The minimum atomic E-state index is -4.38. The Morgan fingerprint density at radius 1 is 1.45 bits per heavy atom. The molecule has 20 heavy (non-hydrogen) atoms. The Hall–Kier alpha value is -1.31. The first-order valence-corrected chi connectivity index (χ1v) is 7.33. The monoisotopic (exact) mass is 306 g/mol. The highest BCUT2D eigenvalue weighted by Gasteiger charge is 2.33. The van der Waals surface area contributed by atoms with Gasteiger partial charge in [-0.3, -0.25) is 4.99 Å². The summed E-state index contributed by atoms with van der Waals surface area (Å²) in [6, 6.07) is 0. The molecule has 0 saturated heterocycles. The van der Waals surface area contributed by atoms with Crippen molar-refractivity contribution in [1.82, 2.24) is 15.6 Å². The maximum atomic E-state index is 12.4. The Kier molecular flexibility index (Phi) is 4.85. The summed E-state index contributed by atoms with van der Waals surface area (Å²) < 4.78 is 37.2. The lowest BCUT2D eigenvalue weighted by molar-refractivity contribution is -0.140. The van der Waals surface area contributed by atoms with E-state index in [1.807, 2.05) is 0 Å². The summed E-state index contributed by atoms with van der Waals surface area (Å²) in [4.78, 5) is 7.58. The van der Waals surface area contributed by atoms with Crippen molar-refractivity contribution >= 4 is 17.3 Å². The Labute approximate surface area is 119 Å². The zero-order valence-electron chi connectivity index (χ0n) is 11.1. The third kappa shape index (κ3) is 4.66. The molecule has 1 aromatic heterocycles. The molecule has 1 heterocycles. The molecule has 2 rings (SSSR count). The Morgan fingerprint density at radius 3 is 2.75 bits per heavy atom. The number of guanidine groups is 1. The average molecular weight is 306 g/mol. The number of aromatic nitrogens is 1. The highest BCUT2D eigenvalue weighted by atomic mass is 32.1. The fourth-order valence-corrected chi connectivity index (χ4v) is 2.44. The number of hydrogen-bond acceptors (Lipinski definition) is 3. The van der Waals surface area contributed by atoms with E-state index in [1.54, 1.807) is 7.05 Å². The Morgan fingerprint density at radius 2 is 2.20 bits per heavy atom. The highest BCUT2D eigenvalue weighted by Crippen LogP contribution is 2.31. The van der Waals surface area contributed by atoms with Gasteiger partial charge in [-0.05, 0) is 12.3 Å². The average Bonchev–Trinajstić information content (AvgIpc) is 3.07. The van der Waals surface area contributed by atoms with Crippen LogP contribution in [0.4, 0.5) is 13.2 Å². The molecule has 0 radical (unpaired) electrons. The first-order valence-electron chi connectivity index (χ1n) is 6.45. The number of aliphatic imine (C=N–C) groups is 1. The third-order valence-electron chi connectivity index (χ3n) is 3.01. The van der Waals surface area contributed by atoms with Gasteiger partial charge in [0.05, 0.1) is 6.54 Å². The molecule has 1 fully saturated rings. The third-order valence-corrected chi connectivity index (χ3v) is 3.86. The van der Waals surface area contributed by atoms with Crippen molar-refractivity contribution in [3.8, 4) is 0 Å². The van der Waals surface area contributed by atoms with E-state index in [2.05, 4.69) is 20.6 Å². The highest BCUT2D eigenvalue weighted by molar-refractivity contribution is 7.09. The van der Waals surface area contributed by atoms with E-state index >= 15 is 0 Å². The number of alkyl halides is 3. The molecule has 4 nitrogen and oxygen atoms in total. The lowest BCUT2D eigenvalue weighted by Gasteiger charge is -2.10. The summed E-state index contributed by atoms with van der Waals surface area (Å²) in [5.74, 6) is 1.42. The van der Waals surface area contributed by atoms with Crippen LogP contribution in [0.2, 0.25) is 0 Å². The van der Waals surface area contributed by atoms with Gasteiger partial charge in [0.1, 0.15) is 5.01 Å². The largest absolute Gasteiger partial charge is 0.434 e. The number of nitrogens with zero attached hydrogens (tertiary/aromatic N) is 2. The molecule has 0 aromatic carbocycles. The van der Waals surface area contributed by atoms with Crippen LogP contribution >= 0.6 is 11.3 Å². The molecule has 2 N–H and O–H groups in total. The van der Waals surface area contributed by atoms with Gasteiger partial charge < -0.3 is 10.6 Å². The van der Waals surface area contributed by atoms with E-state index in [-0.39, 0.29) is 6.54 Å². The fourth-order valence-electron chi connectivity index (χ4n) is 1.70. The molecule has 1 aliphatic carbocycles. The quantitative estimate of drug-likeness (QED) is 0.649. The maximum absolute atomic E-state index is 12.4. The summed E-state index contributed by atoms with van der Waals surface area (Å²) in [6.45, 7) is 1.07. The van der Waals surface area contributed by atoms with Gasteiger partial charge in [-0.15, -0.1) is 11.3 Å². The lowest BCUT2D eigenvalue weighted by atomic mass is 10.3. The molecular weight excluding hydrogens is 289 g/mol. The molecule has 0 spiro atoms. The Bertz CT molecular complexity index is 466. The van der Waals surface area contributed by atoms with Gasteiger partial charge in [0, 0.05) is 19.0 Å². The van der Waals surface area contributed by atoms with E-state index in [1.165, 1.54) is 12.8 Å². The fraction of sp³-hybridized carbons (Fsp3) is 0.667. The molecule has 0 unspecified atom stereocenters. The van der Waals surface area contributed by atoms with Gasteiger partial charge >= 0.3 is 6.18 Å². The van der Waals surface area contributed by atoms with E-state index in [9.17, 15) is 13.2 Å². The summed E-state index contributed by atoms with van der Waals surface area (Å²) in [5, 5.41) is 7.52. The van der Waals surface area contributed by atoms with E-state index in [0.717, 1.165) is 35.6 Å². The summed E-state index contributed by atoms with van der Waals surface area (Å²) >= 11 is 0.991. The second-order valence-electron chi connectivity index (χ2n) is 4.71. The zero-order valence-corrected chi connectivity index (χ0v) is 11.9. The van der Waals surface area contributed by atoms with Crippen LogP contribution in [-0.2, 0) is 12.7 Å². The SMILES string of the molecule is CN=C(NCCC1CC1)NCc1nc(C(F)(F)F)cs1. The molecule has 0 atom stereocenters. The smallest absolute Gasteiger partial charge is 0.356 e. The molecule has 112 valence electrons. The van der Waals surface area contributed by atoms with Crippen molar-refractivity contribution in [3.63, 3.8) is 0 Å². The molecule has 8 heteroatoms. The normalized spacial score (nSPS) is 16.3. The summed E-state index contributed by atoms with van der Waals surface area (Å²) in [6.07, 6.45) is -0.671. The van der Waals surface area contributed by atoms with Crippen molar-refractivity contribution in [3.05, 3.63) is 16.1 Å². The van der Waals surface area contributed by atoms with Gasteiger partial charge in [0.15, 0.2) is 11.7 Å². The number of rotatable bonds is 5. The molecule has 1 saturated carbocycles. The topological polar surface area (TPSA) is 49.3 Å². The molecule has 0 aliphatic heterocycles. The van der Waals surface area contributed by atoms with Crippen LogP contribution < -0.4 is 10.6 Å². The van der Waals surface area contributed by atoms with Gasteiger partial charge in [0.2, 0.25) is 0 Å². The van der Waals surface area contributed by atoms with Gasteiger partial charge in [-0.25, -0.2) is 4.98 Å². The molecule has 0 bridgehead atoms. The van der Waals surface area contributed by atoms with Crippen molar-refractivity contribution in [2.24, 2.45) is 10.9 Å². The molecule has 1 aliphatic rings. The minimum absolute atomic E-state index is 0.240. The van der Waals surface area contributed by atoms with Crippen molar-refractivity contribution in [1.29, 1.82) is 0 Å². The predicted molar refractivity (Wildman–Crippen MR) is 72.7 cm³/mol. The number of thiazole rings is 1. The van der Waals surface area contributed by atoms with E-state index in [4.69, 9.17) is 0 Å². The minimum Gasteiger partial charge on any atom is -0.356 e. The number of nitrogens with one attached hydrogen (secondary N) is 2. The Balaban J connectivity index is 1.75. The molecule has 1 aromatic rings. The van der Waals surface area contributed by atoms with Crippen LogP contribution in [0.15, 0.2) is 10.4 Å². The van der Waals surface area contributed by atoms with Crippen LogP contribution in [0.1, 0.15) is 30.0 Å². The van der Waals surface area contributed by atoms with Crippen molar-refractivity contribution in [2.75, 3.05) is 13.6 Å². The van der Waals surface area contributed by atoms with Crippen LogP contribution in [0.25, 0.3) is 0 Å². The lowest BCUT2D eigenvalue weighted by Crippen LogP contribution is -2.37. The van der Waals surface area contributed by atoms with Gasteiger partial charge in [-0.1, -0.05) is 12.8 Å². The number of halogens is 3. The van der Waals surface area contributed by atoms with Crippen LogP contribution in [-0.4, -0.2) is 24.5 Å². The van der Waals surface area contributed by atoms with Crippen LogP contribution in [0.3, 0.4) is 0 Å². The first-order chi connectivity index (χ1) is 9.49. The summed E-state index contributed by atoms with van der Waals surface area (Å²) in [7, 11) is 1.63. The number of hydrogen-bond donors (Lipinski definition) is 2. The van der Waals surface area contributed by atoms with Gasteiger partial charge in [-0.2, -0.15) is 13.2 Å². The summed E-state index contributed by atoms with van der Waals surface area (Å²) in [5.41, 5.74) is -0.837.